The second-order valence-corrected chi connectivity index (χ2v) is 4.09. The van der Waals surface area contributed by atoms with Crippen LogP contribution in [0.5, 0.6) is 5.75 Å². The molecule has 2 N–H and O–H groups in total. The standard InChI is InChI=1S/C13H18N2O2/c1-16-12-4-2-10(3-5-12)8-13-15-11(6-7-14)9-17-13/h2-5,11H,6-9,14H2,1H3. The summed E-state index contributed by atoms with van der Waals surface area (Å²) in [5, 5.41) is 0. The maximum Gasteiger partial charge on any atom is 0.188 e. The number of rotatable bonds is 5. The molecule has 2 rings (SSSR count). The summed E-state index contributed by atoms with van der Waals surface area (Å²) in [6.07, 6.45) is 1.64. The highest BCUT2D eigenvalue weighted by Gasteiger charge is 2.17. The van der Waals surface area contributed by atoms with Crippen LogP contribution in [0, 0.1) is 0 Å². The molecule has 0 aliphatic carbocycles. The molecule has 17 heavy (non-hydrogen) atoms. The van der Waals surface area contributed by atoms with Gasteiger partial charge in [-0.15, -0.1) is 0 Å². The van der Waals surface area contributed by atoms with Crippen LogP contribution in [0.4, 0.5) is 0 Å². The van der Waals surface area contributed by atoms with Gasteiger partial charge in [0, 0.05) is 6.42 Å². The van der Waals surface area contributed by atoms with Crippen LogP contribution in [0.25, 0.3) is 0 Å². The van der Waals surface area contributed by atoms with E-state index >= 15 is 0 Å². The highest BCUT2D eigenvalue weighted by atomic mass is 16.5. The molecule has 0 saturated heterocycles. The van der Waals surface area contributed by atoms with E-state index in [-0.39, 0.29) is 6.04 Å². The molecule has 0 saturated carbocycles. The minimum atomic E-state index is 0.244. The number of benzene rings is 1. The molecule has 1 heterocycles. The summed E-state index contributed by atoms with van der Waals surface area (Å²) < 4.78 is 10.7. The van der Waals surface area contributed by atoms with E-state index in [1.165, 1.54) is 5.56 Å². The third-order valence-electron chi connectivity index (χ3n) is 2.78. The highest BCUT2D eigenvalue weighted by molar-refractivity contribution is 5.80. The topological polar surface area (TPSA) is 56.8 Å². The van der Waals surface area contributed by atoms with E-state index in [0.29, 0.717) is 13.2 Å². The molecule has 1 aliphatic rings. The Morgan fingerprint density at radius 2 is 2.18 bits per heavy atom. The lowest BCUT2D eigenvalue weighted by Gasteiger charge is -2.03. The Balaban J connectivity index is 1.94. The largest absolute Gasteiger partial charge is 0.497 e. The third-order valence-corrected chi connectivity index (χ3v) is 2.78. The van der Waals surface area contributed by atoms with Crippen molar-refractivity contribution in [3.05, 3.63) is 29.8 Å². The SMILES string of the molecule is COc1ccc(CC2=NC(CCN)CO2)cc1. The van der Waals surface area contributed by atoms with Gasteiger partial charge in [-0.05, 0) is 30.7 Å². The molecule has 0 spiro atoms. The summed E-state index contributed by atoms with van der Waals surface area (Å²) in [5.74, 6) is 1.68. The zero-order chi connectivity index (χ0) is 12.1. The van der Waals surface area contributed by atoms with Crippen LogP contribution in [-0.4, -0.2) is 32.2 Å². The summed E-state index contributed by atoms with van der Waals surface area (Å²) >= 11 is 0. The van der Waals surface area contributed by atoms with E-state index in [0.717, 1.165) is 24.5 Å². The number of hydrogen-bond donors (Lipinski definition) is 1. The molecule has 4 nitrogen and oxygen atoms in total. The fourth-order valence-electron chi connectivity index (χ4n) is 1.83. The summed E-state index contributed by atoms with van der Waals surface area (Å²) in [5.41, 5.74) is 6.68. The molecule has 1 unspecified atom stereocenters. The lowest BCUT2D eigenvalue weighted by molar-refractivity contribution is 0.307. The molecule has 1 atom stereocenters. The molecule has 0 radical (unpaired) electrons. The first-order valence-electron chi connectivity index (χ1n) is 5.84. The summed E-state index contributed by atoms with van der Waals surface area (Å²) in [6, 6.07) is 8.19. The number of nitrogens with zero attached hydrogens (tertiary/aromatic N) is 1. The minimum Gasteiger partial charge on any atom is -0.497 e. The number of nitrogens with two attached hydrogens (primary N) is 1. The number of aliphatic imine (C=N–C) groups is 1. The Bertz CT molecular complexity index is 387. The monoisotopic (exact) mass is 234 g/mol. The van der Waals surface area contributed by atoms with Crippen LogP contribution in [0.1, 0.15) is 12.0 Å². The average molecular weight is 234 g/mol. The van der Waals surface area contributed by atoms with Gasteiger partial charge in [-0.25, -0.2) is 4.99 Å². The molecule has 0 aromatic heterocycles. The molecule has 0 bridgehead atoms. The first-order valence-corrected chi connectivity index (χ1v) is 5.84. The van der Waals surface area contributed by atoms with Crippen LogP contribution in [-0.2, 0) is 11.2 Å². The average Bonchev–Trinajstić information content (AvgIpc) is 2.78. The van der Waals surface area contributed by atoms with E-state index < -0.39 is 0 Å². The van der Waals surface area contributed by atoms with Crippen molar-refractivity contribution in [2.75, 3.05) is 20.3 Å². The lowest BCUT2D eigenvalue weighted by atomic mass is 10.1. The Hall–Kier alpha value is -1.55. The summed E-state index contributed by atoms with van der Waals surface area (Å²) in [6.45, 7) is 1.33. The first-order chi connectivity index (χ1) is 8.31. The third kappa shape index (κ3) is 3.20. The van der Waals surface area contributed by atoms with Crippen molar-refractivity contribution in [3.63, 3.8) is 0 Å². The zero-order valence-electron chi connectivity index (χ0n) is 10.1. The fraction of sp³-hybridized carbons (Fsp3) is 0.462. The molecule has 0 fully saturated rings. The van der Waals surface area contributed by atoms with Crippen LogP contribution >= 0.6 is 0 Å². The Morgan fingerprint density at radius 3 is 2.82 bits per heavy atom. The Kier molecular flexibility index (Phi) is 3.98. The molecule has 4 heteroatoms. The van der Waals surface area contributed by atoms with Crippen molar-refractivity contribution in [1.29, 1.82) is 0 Å². The highest BCUT2D eigenvalue weighted by Crippen LogP contribution is 2.15. The predicted octanol–water partition coefficient (Wildman–Crippen LogP) is 1.38. The first kappa shape index (κ1) is 11.9. The van der Waals surface area contributed by atoms with Gasteiger partial charge in [0.1, 0.15) is 12.4 Å². The van der Waals surface area contributed by atoms with Gasteiger partial charge in [0.2, 0.25) is 0 Å². The van der Waals surface area contributed by atoms with Crippen molar-refractivity contribution in [3.8, 4) is 5.75 Å². The summed E-state index contributed by atoms with van der Waals surface area (Å²) in [7, 11) is 1.66. The lowest BCUT2D eigenvalue weighted by Crippen LogP contribution is -2.12. The quantitative estimate of drug-likeness (QED) is 0.837. The number of ether oxygens (including phenoxy) is 2. The number of hydrogen-bond acceptors (Lipinski definition) is 4. The summed E-state index contributed by atoms with van der Waals surface area (Å²) in [4.78, 5) is 4.50. The van der Waals surface area contributed by atoms with Gasteiger partial charge < -0.3 is 15.2 Å². The fourth-order valence-corrected chi connectivity index (χ4v) is 1.83. The van der Waals surface area contributed by atoms with Gasteiger partial charge in [0.05, 0.1) is 13.2 Å². The van der Waals surface area contributed by atoms with Crippen LogP contribution in [0.15, 0.2) is 29.3 Å². The van der Waals surface area contributed by atoms with E-state index in [1.54, 1.807) is 7.11 Å². The minimum absolute atomic E-state index is 0.244. The smallest absolute Gasteiger partial charge is 0.188 e. The number of methoxy groups -OCH3 is 1. The molecule has 1 aromatic rings. The zero-order valence-corrected chi connectivity index (χ0v) is 10.1. The van der Waals surface area contributed by atoms with Crippen LogP contribution < -0.4 is 10.5 Å². The van der Waals surface area contributed by atoms with Crippen molar-refractivity contribution in [1.82, 2.24) is 0 Å². The second kappa shape index (κ2) is 5.68. The normalized spacial score (nSPS) is 18.7. The van der Waals surface area contributed by atoms with Crippen molar-refractivity contribution in [2.24, 2.45) is 10.7 Å². The van der Waals surface area contributed by atoms with Gasteiger partial charge in [-0.3, -0.25) is 0 Å². The Labute approximate surface area is 101 Å². The van der Waals surface area contributed by atoms with Gasteiger partial charge in [-0.2, -0.15) is 0 Å². The van der Waals surface area contributed by atoms with Crippen LogP contribution in [0.3, 0.4) is 0 Å². The molecule has 1 aromatic carbocycles. The van der Waals surface area contributed by atoms with Gasteiger partial charge in [0.15, 0.2) is 5.90 Å². The molecule has 1 aliphatic heterocycles. The second-order valence-electron chi connectivity index (χ2n) is 4.09. The van der Waals surface area contributed by atoms with Crippen LogP contribution in [0.2, 0.25) is 0 Å². The molecule has 0 amide bonds. The van der Waals surface area contributed by atoms with E-state index in [4.69, 9.17) is 15.2 Å². The van der Waals surface area contributed by atoms with Gasteiger partial charge in [0.25, 0.3) is 0 Å². The van der Waals surface area contributed by atoms with Gasteiger partial charge >= 0.3 is 0 Å². The predicted molar refractivity (Wildman–Crippen MR) is 67.5 cm³/mol. The maximum atomic E-state index is 5.54. The Morgan fingerprint density at radius 1 is 1.41 bits per heavy atom. The molecular formula is C13H18N2O2. The van der Waals surface area contributed by atoms with Crippen molar-refractivity contribution < 1.29 is 9.47 Å². The maximum absolute atomic E-state index is 5.54. The van der Waals surface area contributed by atoms with Crippen molar-refractivity contribution >= 4 is 5.90 Å². The molecule has 92 valence electrons. The molecular weight excluding hydrogens is 216 g/mol. The van der Waals surface area contributed by atoms with E-state index in [2.05, 4.69) is 4.99 Å². The van der Waals surface area contributed by atoms with Gasteiger partial charge in [-0.1, -0.05) is 12.1 Å². The van der Waals surface area contributed by atoms with Crippen molar-refractivity contribution in [2.45, 2.75) is 18.9 Å². The van der Waals surface area contributed by atoms with E-state index in [9.17, 15) is 0 Å². The van der Waals surface area contributed by atoms with E-state index in [1.807, 2.05) is 24.3 Å².